The topological polar surface area (TPSA) is 21.3 Å². The summed E-state index contributed by atoms with van der Waals surface area (Å²) in [4.78, 5) is 0. The number of likely N-dealkylation sites (N-methyl/N-ethyl adjacent to an activating group) is 1. The highest BCUT2D eigenvalue weighted by molar-refractivity contribution is 5.20. The number of halogens is 1. The van der Waals surface area contributed by atoms with Gasteiger partial charge in [-0.3, -0.25) is 0 Å². The van der Waals surface area contributed by atoms with Gasteiger partial charge in [0.25, 0.3) is 0 Å². The Bertz CT molecular complexity index is 265. The maximum atomic E-state index is 13.2. The standard InChI is InChI=1S/C10H14FNO/c1-12-7-10(13-2)8-5-3-4-6-9(8)11/h3-6,10,12H,7H2,1-2H3/t10-/m0/s1. The van der Waals surface area contributed by atoms with E-state index in [0.717, 1.165) is 0 Å². The third kappa shape index (κ3) is 2.50. The molecule has 0 aromatic heterocycles. The van der Waals surface area contributed by atoms with Crippen molar-refractivity contribution in [3.8, 4) is 0 Å². The summed E-state index contributed by atoms with van der Waals surface area (Å²) in [6.07, 6.45) is -0.216. The average molecular weight is 183 g/mol. The van der Waals surface area contributed by atoms with Crippen LogP contribution in [0.3, 0.4) is 0 Å². The lowest BCUT2D eigenvalue weighted by atomic mass is 10.1. The molecular weight excluding hydrogens is 169 g/mol. The number of hydrogen-bond acceptors (Lipinski definition) is 2. The van der Waals surface area contributed by atoms with Crippen LogP contribution in [0, 0.1) is 5.82 Å². The van der Waals surface area contributed by atoms with Gasteiger partial charge in [0.1, 0.15) is 5.82 Å². The highest BCUT2D eigenvalue weighted by Crippen LogP contribution is 2.18. The lowest BCUT2D eigenvalue weighted by Gasteiger charge is -2.15. The van der Waals surface area contributed by atoms with Crippen molar-refractivity contribution in [2.45, 2.75) is 6.10 Å². The largest absolute Gasteiger partial charge is 0.375 e. The zero-order valence-electron chi connectivity index (χ0n) is 7.88. The van der Waals surface area contributed by atoms with E-state index in [-0.39, 0.29) is 11.9 Å². The number of hydrogen-bond donors (Lipinski definition) is 1. The van der Waals surface area contributed by atoms with Gasteiger partial charge in [-0.15, -0.1) is 0 Å². The van der Waals surface area contributed by atoms with Gasteiger partial charge in [-0.1, -0.05) is 18.2 Å². The highest BCUT2D eigenvalue weighted by atomic mass is 19.1. The molecule has 0 saturated heterocycles. The van der Waals surface area contributed by atoms with Gasteiger partial charge in [0, 0.05) is 19.2 Å². The molecule has 1 N–H and O–H groups in total. The SMILES string of the molecule is CNC[C@H](OC)c1ccccc1F. The predicted molar refractivity (Wildman–Crippen MR) is 50.1 cm³/mol. The smallest absolute Gasteiger partial charge is 0.129 e. The van der Waals surface area contributed by atoms with Crippen LogP contribution in [-0.4, -0.2) is 20.7 Å². The van der Waals surface area contributed by atoms with Crippen LogP contribution in [0.15, 0.2) is 24.3 Å². The van der Waals surface area contributed by atoms with E-state index in [4.69, 9.17) is 4.74 Å². The molecule has 0 amide bonds. The van der Waals surface area contributed by atoms with E-state index in [1.165, 1.54) is 6.07 Å². The lowest BCUT2D eigenvalue weighted by Crippen LogP contribution is -2.19. The summed E-state index contributed by atoms with van der Waals surface area (Å²) in [5.74, 6) is -0.218. The predicted octanol–water partition coefficient (Wildman–Crippen LogP) is 1.73. The summed E-state index contributed by atoms with van der Waals surface area (Å²) >= 11 is 0. The van der Waals surface area contributed by atoms with Crippen molar-refractivity contribution < 1.29 is 9.13 Å². The quantitative estimate of drug-likeness (QED) is 0.767. The van der Waals surface area contributed by atoms with Crippen LogP contribution in [0.4, 0.5) is 4.39 Å². The van der Waals surface area contributed by atoms with Crippen LogP contribution in [0.2, 0.25) is 0 Å². The lowest BCUT2D eigenvalue weighted by molar-refractivity contribution is 0.101. The summed E-state index contributed by atoms with van der Waals surface area (Å²) in [6.45, 7) is 0.609. The van der Waals surface area contributed by atoms with Gasteiger partial charge < -0.3 is 10.1 Å². The Balaban J connectivity index is 2.84. The van der Waals surface area contributed by atoms with Crippen molar-refractivity contribution in [3.05, 3.63) is 35.6 Å². The van der Waals surface area contributed by atoms with Gasteiger partial charge in [0.05, 0.1) is 6.10 Å². The molecule has 1 rings (SSSR count). The molecule has 1 atom stereocenters. The normalized spacial score (nSPS) is 12.8. The Labute approximate surface area is 77.7 Å². The second kappa shape index (κ2) is 4.94. The van der Waals surface area contributed by atoms with E-state index in [1.54, 1.807) is 25.3 Å². The number of methoxy groups -OCH3 is 1. The summed E-state index contributed by atoms with van der Waals surface area (Å²) in [5, 5.41) is 2.95. The number of ether oxygens (including phenoxy) is 1. The van der Waals surface area contributed by atoms with Crippen molar-refractivity contribution in [1.29, 1.82) is 0 Å². The minimum atomic E-state index is -0.218. The molecule has 3 heteroatoms. The summed E-state index contributed by atoms with van der Waals surface area (Å²) in [5.41, 5.74) is 0.597. The van der Waals surface area contributed by atoms with Crippen LogP contribution in [0.5, 0.6) is 0 Å². The molecule has 0 saturated carbocycles. The first kappa shape index (κ1) is 10.2. The van der Waals surface area contributed by atoms with E-state index in [9.17, 15) is 4.39 Å². The fourth-order valence-electron chi connectivity index (χ4n) is 1.24. The molecule has 0 aliphatic rings. The summed E-state index contributed by atoms with van der Waals surface area (Å²) in [7, 11) is 3.39. The average Bonchev–Trinajstić information content (AvgIpc) is 2.16. The van der Waals surface area contributed by atoms with Crippen LogP contribution in [-0.2, 0) is 4.74 Å². The molecule has 0 unspecified atom stereocenters. The molecule has 0 radical (unpaired) electrons. The number of nitrogens with one attached hydrogen (secondary N) is 1. The second-order valence-corrected chi connectivity index (χ2v) is 2.80. The minimum absolute atomic E-state index is 0.216. The molecule has 0 fully saturated rings. The van der Waals surface area contributed by atoms with Crippen molar-refractivity contribution in [3.63, 3.8) is 0 Å². The van der Waals surface area contributed by atoms with Gasteiger partial charge in [-0.25, -0.2) is 4.39 Å². The first-order chi connectivity index (χ1) is 6.29. The van der Waals surface area contributed by atoms with Gasteiger partial charge in [0.2, 0.25) is 0 Å². The zero-order chi connectivity index (χ0) is 9.68. The Morgan fingerprint density at radius 3 is 2.69 bits per heavy atom. The maximum absolute atomic E-state index is 13.2. The molecule has 0 bridgehead atoms. The van der Waals surface area contributed by atoms with E-state index in [1.807, 2.05) is 7.05 Å². The monoisotopic (exact) mass is 183 g/mol. The molecule has 13 heavy (non-hydrogen) atoms. The molecule has 1 aromatic rings. The van der Waals surface area contributed by atoms with Crippen molar-refractivity contribution in [1.82, 2.24) is 5.32 Å². The summed E-state index contributed by atoms with van der Waals surface area (Å²) in [6, 6.07) is 6.66. The molecular formula is C10H14FNO. The first-order valence-corrected chi connectivity index (χ1v) is 4.21. The second-order valence-electron chi connectivity index (χ2n) is 2.80. The van der Waals surface area contributed by atoms with E-state index < -0.39 is 0 Å². The third-order valence-electron chi connectivity index (χ3n) is 1.93. The zero-order valence-corrected chi connectivity index (χ0v) is 7.88. The van der Waals surface area contributed by atoms with Gasteiger partial charge in [-0.05, 0) is 13.1 Å². The van der Waals surface area contributed by atoms with Gasteiger partial charge in [0.15, 0.2) is 0 Å². The van der Waals surface area contributed by atoms with Crippen molar-refractivity contribution in [2.24, 2.45) is 0 Å². The molecule has 1 aromatic carbocycles. The molecule has 2 nitrogen and oxygen atoms in total. The molecule has 72 valence electrons. The maximum Gasteiger partial charge on any atom is 0.129 e. The Morgan fingerprint density at radius 1 is 1.46 bits per heavy atom. The van der Waals surface area contributed by atoms with E-state index in [0.29, 0.717) is 12.1 Å². The molecule has 0 spiro atoms. The summed E-state index contributed by atoms with van der Waals surface area (Å²) < 4.78 is 18.4. The third-order valence-corrected chi connectivity index (χ3v) is 1.93. The fraction of sp³-hybridized carbons (Fsp3) is 0.400. The Morgan fingerprint density at radius 2 is 2.15 bits per heavy atom. The van der Waals surface area contributed by atoms with Crippen LogP contribution in [0.1, 0.15) is 11.7 Å². The van der Waals surface area contributed by atoms with Crippen molar-refractivity contribution in [2.75, 3.05) is 20.7 Å². The minimum Gasteiger partial charge on any atom is -0.375 e. The molecule has 0 aliphatic heterocycles. The van der Waals surface area contributed by atoms with Crippen LogP contribution in [0.25, 0.3) is 0 Å². The number of rotatable bonds is 4. The fourth-order valence-corrected chi connectivity index (χ4v) is 1.24. The van der Waals surface area contributed by atoms with Crippen LogP contribution >= 0.6 is 0 Å². The van der Waals surface area contributed by atoms with E-state index >= 15 is 0 Å². The Hall–Kier alpha value is -0.930. The number of benzene rings is 1. The van der Waals surface area contributed by atoms with Crippen LogP contribution < -0.4 is 5.32 Å². The first-order valence-electron chi connectivity index (χ1n) is 4.21. The molecule has 0 aliphatic carbocycles. The highest BCUT2D eigenvalue weighted by Gasteiger charge is 2.12. The molecule has 0 heterocycles. The van der Waals surface area contributed by atoms with Gasteiger partial charge >= 0.3 is 0 Å². The van der Waals surface area contributed by atoms with Gasteiger partial charge in [-0.2, -0.15) is 0 Å². The van der Waals surface area contributed by atoms with E-state index in [2.05, 4.69) is 5.32 Å². The Kier molecular flexibility index (Phi) is 3.86. The van der Waals surface area contributed by atoms with Crippen molar-refractivity contribution >= 4 is 0 Å².